The van der Waals surface area contributed by atoms with Crippen molar-refractivity contribution in [2.24, 2.45) is 0 Å². The van der Waals surface area contributed by atoms with Gasteiger partial charge in [-0.25, -0.2) is 0 Å². The molecule has 0 radical (unpaired) electrons. The van der Waals surface area contributed by atoms with Gasteiger partial charge in [-0.2, -0.15) is 0 Å². The van der Waals surface area contributed by atoms with E-state index in [0.717, 1.165) is 28.7 Å². The molecule has 0 atom stereocenters. The van der Waals surface area contributed by atoms with E-state index in [9.17, 15) is 0 Å². The predicted octanol–water partition coefficient (Wildman–Crippen LogP) is 9.30. The summed E-state index contributed by atoms with van der Waals surface area (Å²) >= 11 is -5.89. The van der Waals surface area contributed by atoms with Crippen molar-refractivity contribution >= 4 is 19.5 Å². The summed E-state index contributed by atoms with van der Waals surface area (Å²) in [6, 6.07) is 48.4. The zero-order valence-electron chi connectivity index (χ0n) is 32.1. The van der Waals surface area contributed by atoms with Crippen LogP contribution in [-0.4, -0.2) is 85.6 Å². The van der Waals surface area contributed by atoms with Crippen molar-refractivity contribution in [2.75, 3.05) is 66.1 Å². The summed E-state index contributed by atoms with van der Waals surface area (Å²) in [5.74, 6) is 3.91. The van der Waals surface area contributed by atoms with E-state index in [0.29, 0.717) is 65.1 Å². The van der Waals surface area contributed by atoms with Gasteiger partial charge in [0, 0.05) is 0 Å². The molecule has 0 amide bonds. The molecule has 0 unspecified atom stereocenters. The van der Waals surface area contributed by atoms with Crippen LogP contribution in [0.15, 0.2) is 152 Å². The third kappa shape index (κ3) is 16.1. The number of benzene rings is 5. The van der Waals surface area contributed by atoms with E-state index in [1.165, 1.54) is 0 Å². The second-order valence-electron chi connectivity index (χ2n) is 12.5. The summed E-state index contributed by atoms with van der Waals surface area (Å²) < 4.78 is 63.9. The number of hydrogen-bond acceptors (Lipinski definition) is 10. The van der Waals surface area contributed by atoms with Gasteiger partial charge in [-0.05, 0) is 0 Å². The predicted molar refractivity (Wildman–Crippen MR) is 218 cm³/mol. The Balaban J connectivity index is 1.31. The zero-order chi connectivity index (χ0) is 38.7. The maximum atomic E-state index is 6.78. The van der Waals surface area contributed by atoms with Gasteiger partial charge in [0.25, 0.3) is 0 Å². The van der Waals surface area contributed by atoms with E-state index in [4.69, 9.17) is 38.8 Å². The molecule has 0 bridgehead atoms. The van der Waals surface area contributed by atoms with E-state index in [-0.39, 0.29) is 33.0 Å². The average molecular weight is 878 g/mol. The van der Waals surface area contributed by atoms with Gasteiger partial charge < -0.3 is 0 Å². The van der Waals surface area contributed by atoms with Crippen molar-refractivity contribution < 1.29 is 38.8 Å². The van der Waals surface area contributed by atoms with Crippen molar-refractivity contribution in [3.8, 4) is 28.7 Å². The Labute approximate surface area is 335 Å². The topological polar surface area (TPSA) is 92.3 Å². The van der Waals surface area contributed by atoms with E-state index in [1.807, 2.05) is 152 Å². The Kier molecular flexibility index (Phi) is 19.2. The van der Waals surface area contributed by atoms with Crippen LogP contribution in [0.4, 0.5) is 0 Å². The van der Waals surface area contributed by atoms with Crippen molar-refractivity contribution in [2.45, 2.75) is 32.1 Å². The van der Waals surface area contributed by atoms with Gasteiger partial charge >= 0.3 is 337 Å². The molecule has 0 spiro atoms. The molecule has 0 heterocycles. The summed E-state index contributed by atoms with van der Waals surface area (Å²) in [6.07, 6.45) is 2.70. The second-order valence-corrected chi connectivity index (χ2v) is 20.4. The van der Waals surface area contributed by atoms with Gasteiger partial charge in [-0.15, -0.1) is 0 Å². The first-order chi connectivity index (χ1) is 27.7. The van der Waals surface area contributed by atoms with Crippen molar-refractivity contribution in [1.82, 2.24) is 0 Å². The first-order valence-electron chi connectivity index (χ1n) is 19.4. The molecule has 0 saturated carbocycles. The number of rotatable bonds is 30. The normalized spacial score (nSPS) is 12.0. The molecule has 0 saturated heterocycles. The molecule has 0 fully saturated rings. The Morgan fingerprint density at radius 1 is 0.232 bits per heavy atom. The fourth-order valence-electron chi connectivity index (χ4n) is 5.27. The van der Waals surface area contributed by atoms with Crippen LogP contribution in [0.25, 0.3) is 0 Å². The van der Waals surface area contributed by atoms with Crippen LogP contribution >= 0.6 is 0 Å². The number of para-hydroxylation sites is 5. The van der Waals surface area contributed by atoms with Crippen LogP contribution in [0.3, 0.4) is 0 Å². The summed E-state index contributed by atoms with van der Waals surface area (Å²) in [5.41, 5.74) is 0. The van der Waals surface area contributed by atoms with Crippen LogP contribution in [0.5, 0.6) is 28.7 Å². The van der Waals surface area contributed by atoms with E-state index in [2.05, 4.69) is 0 Å². The molecular formula is C45H55O10Sb. The Hall–Kier alpha value is -4.28. The van der Waals surface area contributed by atoms with Gasteiger partial charge in [0.2, 0.25) is 0 Å². The quantitative estimate of drug-likeness (QED) is 0.0329. The SMILES string of the molecule is c1ccc(OCCC[O][Sb]([O]CCCOc2ccccc2)([O]CCCOc2ccccc2)([O]CCCOc2ccccc2)[O]CCCOc2ccccc2)cc1. The Morgan fingerprint density at radius 3 is 0.589 bits per heavy atom. The summed E-state index contributed by atoms with van der Waals surface area (Å²) in [7, 11) is 0. The standard InChI is InChI=1S/5C9H11O2.Sb/c5*10-7-4-8-11-9-5-2-1-3-6-9;/h5*1-3,5-6H,4,7-8H2;/q5*-1;+5. The molecular weight excluding hydrogens is 822 g/mol. The molecule has 0 aliphatic rings. The van der Waals surface area contributed by atoms with Crippen LogP contribution in [0.1, 0.15) is 32.1 Å². The molecule has 56 heavy (non-hydrogen) atoms. The third-order valence-corrected chi connectivity index (χ3v) is 16.6. The molecule has 10 nitrogen and oxygen atoms in total. The van der Waals surface area contributed by atoms with Gasteiger partial charge in [0.15, 0.2) is 0 Å². The van der Waals surface area contributed by atoms with Crippen LogP contribution < -0.4 is 23.7 Å². The van der Waals surface area contributed by atoms with Gasteiger partial charge in [-0.1, -0.05) is 0 Å². The van der Waals surface area contributed by atoms with E-state index in [1.54, 1.807) is 0 Å². The molecule has 5 rings (SSSR count). The summed E-state index contributed by atoms with van der Waals surface area (Å²) in [5, 5.41) is 0. The van der Waals surface area contributed by atoms with Crippen molar-refractivity contribution in [3.05, 3.63) is 152 Å². The van der Waals surface area contributed by atoms with E-state index < -0.39 is 19.5 Å². The van der Waals surface area contributed by atoms with Crippen molar-refractivity contribution in [1.29, 1.82) is 0 Å². The average Bonchev–Trinajstić information content (AvgIpc) is 3.25. The minimum atomic E-state index is -5.89. The molecule has 300 valence electrons. The monoisotopic (exact) mass is 876 g/mol. The third-order valence-electron chi connectivity index (χ3n) is 8.01. The van der Waals surface area contributed by atoms with Gasteiger partial charge in [-0.3, -0.25) is 0 Å². The first-order valence-corrected chi connectivity index (χ1v) is 24.6. The molecule has 0 aromatic heterocycles. The van der Waals surface area contributed by atoms with Crippen molar-refractivity contribution in [3.63, 3.8) is 0 Å². The molecule has 5 aromatic carbocycles. The molecule has 0 N–H and O–H groups in total. The zero-order valence-corrected chi connectivity index (χ0v) is 34.6. The Morgan fingerprint density at radius 2 is 0.411 bits per heavy atom. The summed E-state index contributed by atoms with van der Waals surface area (Å²) in [6.45, 7) is 3.18. The molecule has 0 aliphatic carbocycles. The van der Waals surface area contributed by atoms with Crippen LogP contribution in [0, 0.1) is 0 Å². The number of hydrogen-bond donors (Lipinski definition) is 0. The number of ether oxygens (including phenoxy) is 5. The van der Waals surface area contributed by atoms with Crippen LogP contribution in [0.2, 0.25) is 0 Å². The molecule has 5 aromatic rings. The molecule has 11 heteroatoms. The second kappa shape index (κ2) is 25.1. The van der Waals surface area contributed by atoms with Crippen LogP contribution in [-0.2, 0) is 15.1 Å². The van der Waals surface area contributed by atoms with Gasteiger partial charge in [0.1, 0.15) is 0 Å². The first kappa shape index (κ1) is 42.9. The summed E-state index contributed by atoms with van der Waals surface area (Å²) in [4.78, 5) is 0. The van der Waals surface area contributed by atoms with E-state index >= 15 is 0 Å². The minimum absolute atomic E-state index is 0.219. The fourth-order valence-corrected chi connectivity index (χ4v) is 13.5. The molecule has 0 aliphatic heterocycles. The Bertz CT molecular complexity index is 1400. The maximum absolute atomic E-state index is 6.78. The van der Waals surface area contributed by atoms with Gasteiger partial charge in [0.05, 0.1) is 0 Å². The fraction of sp³-hybridized carbons (Fsp3) is 0.333.